The van der Waals surface area contributed by atoms with Crippen molar-refractivity contribution in [2.75, 3.05) is 26.2 Å². The zero-order valence-corrected chi connectivity index (χ0v) is 19.8. The lowest BCUT2D eigenvalue weighted by Crippen LogP contribution is -2.50. The van der Waals surface area contributed by atoms with Crippen molar-refractivity contribution >= 4 is 46.5 Å². The lowest BCUT2D eigenvalue weighted by molar-refractivity contribution is 0.0535. The second-order valence-corrected chi connectivity index (χ2v) is 9.94. The Hall–Kier alpha value is -2.42. The normalized spacial score (nSPS) is 14.0. The second-order valence-electron chi connectivity index (χ2n) is 7.45. The fraction of sp³-hybridized carbons (Fsp3) is 0.261. The lowest BCUT2D eigenvalue weighted by Gasteiger charge is -2.35. The maximum atomic E-state index is 13.2. The van der Waals surface area contributed by atoms with E-state index in [0.29, 0.717) is 31.7 Å². The number of carbonyl (C=O) groups is 2. The highest BCUT2D eigenvalue weighted by molar-refractivity contribution is 8.00. The third-order valence-electron chi connectivity index (χ3n) is 5.18. The molecule has 2 amide bonds. The molecule has 0 unspecified atom stereocenters. The largest absolute Gasteiger partial charge is 0.335 e. The molecule has 3 aromatic rings. The number of benzene rings is 2. The highest BCUT2D eigenvalue weighted by atomic mass is 35.5. The molecule has 1 fully saturated rings. The molecule has 9 heteroatoms. The van der Waals surface area contributed by atoms with Gasteiger partial charge >= 0.3 is 0 Å². The summed E-state index contributed by atoms with van der Waals surface area (Å²) < 4.78 is 14.3. The van der Waals surface area contributed by atoms with Crippen LogP contribution in [0.1, 0.15) is 32.0 Å². The molecule has 32 heavy (non-hydrogen) atoms. The highest BCUT2D eigenvalue weighted by Gasteiger charge is 2.26. The zero-order chi connectivity index (χ0) is 22.7. The summed E-state index contributed by atoms with van der Waals surface area (Å²) in [5, 5.41) is 2.13. The molecule has 0 bridgehead atoms. The van der Waals surface area contributed by atoms with Crippen LogP contribution < -0.4 is 0 Å². The maximum Gasteiger partial charge on any atom is 0.255 e. The zero-order valence-electron chi connectivity index (χ0n) is 17.4. The number of piperazine rings is 1. The lowest BCUT2D eigenvalue weighted by atomic mass is 10.1. The van der Waals surface area contributed by atoms with E-state index in [1.807, 2.05) is 36.6 Å². The standard InChI is InChI=1S/C23H21ClFN3O2S2/c1-15-13-31-23(26-15)32-14-16-2-4-17(5-3-16)21(29)27-8-10-28(11-9-27)22(30)19-7-6-18(25)12-20(19)24/h2-7,12-13H,8-11,14H2,1H3. The molecule has 1 aromatic heterocycles. The average Bonchev–Trinajstić information content (AvgIpc) is 3.22. The summed E-state index contributed by atoms with van der Waals surface area (Å²) in [7, 11) is 0. The van der Waals surface area contributed by atoms with Crippen LogP contribution in [0, 0.1) is 12.7 Å². The van der Waals surface area contributed by atoms with E-state index in [2.05, 4.69) is 4.98 Å². The number of thioether (sulfide) groups is 1. The van der Waals surface area contributed by atoms with Crippen molar-refractivity contribution in [2.24, 2.45) is 0 Å². The maximum absolute atomic E-state index is 13.2. The van der Waals surface area contributed by atoms with Crippen LogP contribution in [-0.2, 0) is 5.75 Å². The molecule has 2 heterocycles. The van der Waals surface area contributed by atoms with Gasteiger partial charge in [-0.1, -0.05) is 35.5 Å². The monoisotopic (exact) mass is 489 g/mol. The van der Waals surface area contributed by atoms with Gasteiger partial charge in [0.25, 0.3) is 11.8 Å². The molecule has 0 spiro atoms. The fourth-order valence-corrected chi connectivity index (χ4v) is 5.47. The van der Waals surface area contributed by atoms with Crippen molar-refractivity contribution in [2.45, 2.75) is 17.0 Å². The third kappa shape index (κ3) is 5.31. The van der Waals surface area contributed by atoms with Crippen LogP contribution in [0.2, 0.25) is 5.02 Å². The van der Waals surface area contributed by atoms with Crippen molar-refractivity contribution in [1.29, 1.82) is 0 Å². The SMILES string of the molecule is Cc1csc(SCc2ccc(C(=O)N3CCN(C(=O)c4ccc(F)cc4Cl)CC3)cc2)n1. The number of hydrogen-bond acceptors (Lipinski definition) is 5. The topological polar surface area (TPSA) is 53.5 Å². The minimum absolute atomic E-state index is 0.0494. The van der Waals surface area contributed by atoms with Crippen molar-refractivity contribution in [1.82, 2.24) is 14.8 Å². The van der Waals surface area contributed by atoms with Gasteiger partial charge in [-0.3, -0.25) is 9.59 Å². The first-order valence-corrected chi connectivity index (χ1v) is 12.3. The number of amides is 2. The summed E-state index contributed by atoms with van der Waals surface area (Å²) in [6.07, 6.45) is 0. The van der Waals surface area contributed by atoms with Gasteiger partial charge in [0.15, 0.2) is 0 Å². The van der Waals surface area contributed by atoms with E-state index in [9.17, 15) is 14.0 Å². The number of rotatable bonds is 5. The molecule has 1 aliphatic heterocycles. The predicted octanol–water partition coefficient (Wildman–Crippen LogP) is 5.13. The highest BCUT2D eigenvalue weighted by Crippen LogP contribution is 2.26. The Kier molecular flexibility index (Phi) is 7.13. The van der Waals surface area contributed by atoms with Crippen molar-refractivity contribution in [3.63, 3.8) is 0 Å². The first kappa shape index (κ1) is 22.8. The van der Waals surface area contributed by atoms with Crippen LogP contribution in [0.3, 0.4) is 0 Å². The number of thiazole rings is 1. The molecule has 1 saturated heterocycles. The molecular weight excluding hydrogens is 469 g/mol. The molecule has 166 valence electrons. The molecule has 0 saturated carbocycles. The van der Waals surface area contributed by atoms with Crippen LogP contribution in [0.4, 0.5) is 4.39 Å². The Morgan fingerprint density at radius 1 is 1.06 bits per heavy atom. The smallest absolute Gasteiger partial charge is 0.255 e. The van der Waals surface area contributed by atoms with E-state index >= 15 is 0 Å². The molecule has 0 aliphatic carbocycles. The van der Waals surface area contributed by atoms with Gasteiger partial charge in [-0.25, -0.2) is 9.37 Å². The van der Waals surface area contributed by atoms with E-state index in [0.717, 1.165) is 27.4 Å². The predicted molar refractivity (Wildman–Crippen MR) is 126 cm³/mol. The minimum Gasteiger partial charge on any atom is -0.335 e. The number of hydrogen-bond donors (Lipinski definition) is 0. The number of nitrogens with zero attached hydrogens (tertiary/aromatic N) is 3. The van der Waals surface area contributed by atoms with Gasteiger partial charge in [0.1, 0.15) is 10.2 Å². The van der Waals surface area contributed by atoms with E-state index < -0.39 is 5.82 Å². The first-order valence-electron chi connectivity index (χ1n) is 10.1. The summed E-state index contributed by atoms with van der Waals surface area (Å²) in [5.74, 6) is 0.0182. The van der Waals surface area contributed by atoms with E-state index in [-0.39, 0.29) is 22.4 Å². The second kappa shape index (κ2) is 10.0. The summed E-state index contributed by atoms with van der Waals surface area (Å²) in [4.78, 5) is 33.4. The summed E-state index contributed by atoms with van der Waals surface area (Å²) in [6, 6.07) is 11.4. The summed E-state index contributed by atoms with van der Waals surface area (Å²) in [6.45, 7) is 3.66. The van der Waals surface area contributed by atoms with Gasteiger partial charge in [0, 0.05) is 48.6 Å². The third-order valence-corrected chi connectivity index (χ3v) is 7.70. The molecule has 0 radical (unpaired) electrons. The Bertz CT molecular complexity index is 1130. The molecule has 2 aromatic carbocycles. The fourth-order valence-electron chi connectivity index (χ4n) is 3.42. The van der Waals surface area contributed by atoms with Crippen LogP contribution in [0.5, 0.6) is 0 Å². The van der Waals surface area contributed by atoms with Crippen LogP contribution in [0.25, 0.3) is 0 Å². The average molecular weight is 490 g/mol. The van der Waals surface area contributed by atoms with Crippen LogP contribution >= 0.6 is 34.7 Å². The molecule has 0 atom stereocenters. The number of carbonyl (C=O) groups excluding carboxylic acids is 2. The Balaban J connectivity index is 1.31. The molecular formula is C23H21ClFN3O2S2. The van der Waals surface area contributed by atoms with Crippen LogP contribution in [-0.4, -0.2) is 52.8 Å². The number of aryl methyl sites for hydroxylation is 1. The van der Waals surface area contributed by atoms with E-state index in [1.54, 1.807) is 32.9 Å². The molecule has 1 aliphatic rings. The van der Waals surface area contributed by atoms with Crippen molar-refractivity contribution in [3.8, 4) is 0 Å². The molecule has 5 nitrogen and oxygen atoms in total. The number of aromatic nitrogens is 1. The first-order chi connectivity index (χ1) is 15.4. The van der Waals surface area contributed by atoms with E-state index in [4.69, 9.17) is 11.6 Å². The van der Waals surface area contributed by atoms with Gasteiger partial charge in [0.05, 0.1) is 10.6 Å². The Labute approximate surface area is 199 Å². The van der Waals surface area contributed by atoms with Crippen molar-refractivity contribution in [3.05, 3.63) is 81.1 Å². The molecule has 0 N–H and O–H groups in total. The van der Waals surface area contributed by atoms with Crippen LogP contribution in [0.15, 0.2) is 52.2 Å². The van der Waals surface area contributed by atoms with Gasteiger partial charge in [0.2, 0.25) is 0 Å². The molecule has 4 rings (SSSR count). The summed E-state index contributed by atoms with van der Waals surface area (Å²) in [5.41, 5.74) is 3.06. The number of halogens is 2. The van der Waals surface area contributed by atoms with Crippen molar-refractivity contribution < 1.29 is 14.0 Å². The quantitative estimate of drug-likeness (QED) is 0.466. The van der Waals surface area contributed by atoms with Gasteiger partial charge in [-0.2, -0.15) is 0 Å². The van der Waals surface area contributed by atoms with Gasteiger partial charge in [-0.05, 0) is 42.8 Å². The Morgan fingerprint density at radius 3 is 2.31 bits per heavy atom. The van der Waals surface area contributed by atoms with Gasteiger partial charge in [-0.15, -0.1) is 11.3 Å². The minimum atomic E-state index is -0.482. The van der Waals surface area contributed by atoms with Gasteiger partial charge < -0.3 is 9.80 Å². The Morgan fingerprint density at radius 2 is 1.72 bits per heavy atom. The summed E-state index contributed by atoms with van der Waals surface area (Å²) >= 11 is 9.34. The van der Waals surface area contributed by atoms with E-state index in [1.165, 1.54) is 12.1 Å².